The van der Waals surface area contributed by atoms with Gasteiger partial charge in [-0.05, 0) is 6.07 Å². The van der Waals surface area contributed by atoms with Crippen molar-refractivity contribution in [1.82, 2.24) is 5.32 Å². The Hall–Kier alpha value is -0.680. The Balaban J connectivity index is 2.16. The summed E-state index contributed by atoms with van der Waals surface area (Å²) < 4.78 is 23.6. The van der Waals surface area contributed by atoms with E-state index in [9.17, 15) is 4.39 Å². The molecule has 1 aromatic carbocycles. The van der Waals surface area contributed by atoms with Crippen LogP contribution in [0.3, 0.4) is 0 Å². The van der Waals surface area contributed by atoms with Gasteiger partial charge in [0.15, 0.2) is 0 Å². The molecule has 5 heteroatoms. The molecule has 0 saturated heterocycles. The molecule has 1 N–H and O–H groups in total. The summed E-state index contributed by atoms with van der Waals surface area (Å²) in [5.74, 6) is -0.359. The minimum atomic E-state index is -0.359. The maximum absolute atomic E-state index is 13.5. The van der Waals surface area contributed by atoms with E-state index < -0.39 is 0 Å². The lowest BCUT2D eigenvalue weighted by atomic mass is 10.2. The highest BCUT2D eigenvalue weighted by atomic mass is 35.5. The van der Waals surface area contributed by atoms with Gasteiger partial charge in [-0.25, -0.2) is 4.39 Å². The van der Waals surface area contributed by atoms with Gasteiger partial charge in [0, 0.05) is 25.8 Å². The first-order valence-electron chi connectivity index (χ1n) is 5.46. The average molecular weight is 262 g/mol. The van der Waals surface area contributed by atoms with Crippen LogP contribution in [0.1, 0.15) is 5.56 Å². The quantitative estimate of drug-likeness (QED) is 0.728. The topological polar surface area (TPSA) is 30.5 Å². The number of rotatable bonds is 8. The van der Waals surface area contributed by atoms with Crippen molar-refractivity contribution < 1.29 is 13.9 Å². The highest BCUT2D eigenvalue weighted by molar-refractivity contribution is 6.30. The summed E-state index contributed by atoms with van der Waals surface area (Å²) in [7, 11) is 1.63. The smallest absolute Gasteiger partial charge is 0.146 e. The molecular weight excluding hydrogens is 245 g/mol. The van der Waals surface area contributed by atoms with Crippen LogP contribution in [-0.4, -0.2) is 33.5 Å². The Morgan fingerprint density at radius 3 is 2.88 bits per heavy atom. The molecule has 0 atom stereocenters. The number of hydrogen-bond donors (Lipinski definition) is 1. The number of halogens is 2. The Bertz CT molecular complexity index is 336. The summed E-state index contributed by atoms with van der Waals surface area (Å²) in [6.07, 6.45) is 0. The molecule has 0 aliphatic carbocycles. The molecule has 0 fully saturated rings. The molecule has 0 bridgehead atoms. The zero-order chi connectivity index (χ0) is 12.5. The van der Waals surface area contributed by atoms with Crippen LogP contribution in [0.4, 0.5) is 4.39 Å². The fourth-order valence-corrected chi connectivity index (χ4v) is 1.49. The number of methoxy groups -OCH3 is 1. The number of nitrogens with one attached hydrogen (secondary N) is 1. The van der Waals surface area contributed by atoms with Gasteiger partial charge in [0.2, 0.25) is 0 Å². The van der Waals surface area contributed by atoms with E-state index in [2.05, 4.69) is 5.32 Å². The number of ether oxygens (including phenoxy) is 2. The Morgan fingerprint density at radius 1 is 1.29 bits per heavy atom. The predicted molar refractivity (Wildman–Crippen MR) is 65.8 cm³/mol. The largest absolute Gasteiger partial charge is 0.382 e. The Labute approximate surface area is 106 Å². The Kier molecular flexibility index (Phi) is 7.12. The van der Waals surface area contributed by atoms with Crippen LogP contribution in [0.25, 0.3) is 0 Å². The van der Waals surface area contributed by atoms with E-state index in [1.807, 2.05) is 0 Å². The second-order valence-electron chi connectivity index (χ2n) is 3.49. The molecular formula is C12H17ClFNO2. The van der Waals surface area contributed by atoms with Crippen molar-refractivity contribution in [2.45, 2.75) is 6.54 Å². The third-order valence-corrected chi connectivity index (χ3v) is 2.49. The van der Waals surface area contributed by atoms with Crippen LogP contribution < -0.4 is 5.32 Å². The van der Waals surface area contributed by atoms with E-state index >= 15 is 0 Å². The second kappa shape index (κ2) is 8.42. The fraction of sp³-hybridized carbons (Fsp3) is 0.500. The molecule has 0 aromatic heterocycles. The van der Waals surface area contributed by atoms with Gasteiger partial charge in [0.05, 0.1) is 24.8 Å². The van der Waals surface area contributed by atoms with Crippen molar-refractivity contribution in [2.24, 2.45) is 0 Å². The van der Waals surface area contributed by atoms with Gasteiger partial charge in [0.1, 0.15) is 5.82 Å². The third kappa shape index (κ3) is 5.46. The van der Waals surface area contributed by atoms with Crippen LogP contribution in [0.5, 0.6) is 0 Å². The number of hydrogen-bond acceptors (Lipinski definition) is 3. The summed E-state index contributed by atoms with van der Waals surface area (Å²) in [5.41, 5.74) is 0.564. The fourth-order valence-electron chi connectivity index (χ4n) is 1.30. The zero-order valence-electron chi connectivity index (χ0n) is 9.84. The summed E-state index contributed by atoms with van der Waals surface area (Å²) in [6.45, 7) is 2.84. The first-order chi connectivity index (χ1) is 8.25. The average Bonchev–Trinajstić information content (AvgIpc) is 2.33. The molecule has 0 unspecified atom stereocenters. The van der Waals surface area contributed by atoms with Crippen LogP contribution in [-0.2, 0) is 16.0 Å². The van der Waals surface area contributed by atoms with Crippen molar-refractivity contribution in [3.8, 4) is 0 Å². The van der Waals surface area contributed by atoms with E-state index in [1.165, 1.54) is 6.07 Å². The summed E-state index contributed by atoms with van der Waals surface area (Å²) in [5, 5.41) is 3.24. The first-order valence-corrected chi connectivity index (χ1v) is 5.83. The highest BCUT2D eigenvalue weighted by Crippen LogP contribution is 2.17. The number of benzene rings is 1. The van der Waals surface area contributed by atoms with Crippen molar-refractivity contribution in [3.63, 3.8) is 0 Å². The van der Waals surface area contributed by atoms with Crippen molar-refractivity contribution in [3.05, 3.63) is 34.6 Å². The molecule has 0 saturated carbocycles. The first kappa shape index (κ1) is 14.4. The van der Waals surface area contributed by atoms with E-state index in [4.69, 9.17) is 21.1 Å². The molecule has 3 nitrogen and oxygen atoms in total. The van der Waals surface area contributed by atoms with Gasteiger partial charge in [-0.1, -0.05) is 23.7 Å². The van der Waals surface area contributed by atoms with E-state index in [0.29, 0.717) is 38.5 Å². The highest BCUT2D eigenvalue weighted by Gasteiger charge is 2.04. The van der Waals surface area contributed by atoms with Gasteiger partial charge in [0.25, 0.3) is 0 Å². The zero-order valence-corrected chi connectivity index (χ0v) is 10.6. The molecule has 0 aliphatic rings. The molecule has 1 aromatic rings. The van der Waals surface area contributed by atoms with Crippen LogP contribution in [0, 0.1) is 5.82 Å². The second-order valence-corrected chi connectivity index (χ2v) is 3.90. The van der Waals surface area contributed by atoms with Crippen LogP contribution >= 0.6 is 11.6 Å². The van der Waals surface area contributed by atoms with Crippen LogP contribution in [0.2, 0.25) is 5.02 Å². The van der Waals surface area contributed by atoms with Gasteiger partial charge in [-0.3, -0.25) is 0 Å². The summed E-state index contributed by atoms with van der Waals surface area (Å²) in [6, 6.07) is 4.98. The molecule has 0 amide bonds. The summed E-state index contributed by atoms with van der Waals surface area (Å²) in [4.78, 5) is 0. The molecule has 17 heavy (non-hydrogen) atoms. The van der Waals surface area contributed by atoms with E-state index in [-0.39, 0.29) is 10.8 Å². The molecule has 1 rings (SSSR count). The maximum atomic E-state index is 13.5. The van der Waals surface area contributed by atoms with Gasteiger partial charge >= 0.3 is 0 Å². The standard InChI is InChI=1S/C12H17ClFNO2/c1-16-7-8-17-6-5-15-9-10-3-2-4-11(13)12(10)14/h2-4,15H,5-9H2,1H3. The van der Waals surface area contributed by atoms with Gasteiger partial charge < -0.3 is 14.8 Å². The Morgan fingerprint density at radius 2 is 2.12 bits per heavy atom. The SMILES string of the molecule is COCCOCCNCc1cccc(Cl)c1F. The molecule has 0 spiro atoms. The lowest BCUT2D eigenvalue weighted by Gasteiger charge is -2.07. The van der Waals surface area contributed by atoms with Gasteiger partial charge in [-0.15, -0.1) is 0 Å². The third-order valence-electron chi connectivity index (χ3n) is 2.20. The molecule has 0 aliphatic heterocycles. The van der Waals surface area contributed by atoms with Crippen molar-refractivity contribution in [1.29, 1.82) is 0 Å². The molecule has 0 radical (unpaired) electrons. The normalized spacial score (nSPS) is 10.8. The molecule has 96 valence electrons. The van der Waals surface area contributed by atoms with Gasteiger partial charge in [-0.2, -0.15) is 0 Å². The molecule has 0 heterocycles. The lowest BCUT2D eigenvalue weighted by Crippen LogP contribution is -2.20. The van der Waals surface area contributed by atoms with Crippen molar-refractivity contribution >= 4 is 11.6 Å². The maximum Gasteiger partial charge on any atom is 0.146 e. The summed E-state index contributed by atoms with van der Waals surface area (Å²) >= 11 is 5.67. The minimum Gasteiger partial charge on any atom is -0.382 e. The monoisotopic (exact) mass is 261 g/mol. The van der Waals surface area contributed by atoms with E-state index in [1.54, 1.807) is 19.2 Å². The van der Waals surface area contributed by atoms with Crippen molar-refractivity contribution in [2.75, 3.05) is 33.5 Å². The lowest BCUT2D eigenvalue weighted by molar-refractivity contribution is 0.0719. The predicted octanol–water partition coefficient (Wildman–Crippen LogP) is 2.23. The minimum absolute atomic E-state index is 0.153. The van der Waals surface area contributed by atoms with E-state index in [0.717, 1.165) is 0 Å². The van der Waals surface area contributed by atoms with Crippen LogP contribution in [0.15, 0.2) is 18.2 Å².